The van der Waals surface area contributed by atoms with Gasteiger partial charge in [-0.1, -0.05) is 0 Å². The van der Waals surface area contributed by atoms with E-state index in [1.807, 2.05) is 25.3 Å². The minimum Gasteiger partial charge on any atom is -0.507 e. The zero-order chi connectivity index (χ0) is 21.8. The second-order valence-electron chi connectivity index (χ2n) is 8.37. The smallest absolute Gasteiger partial charge is 0.264 e. The van der Waals surface area contributed by atoms with Gasteiger partial charge >= 0.3 is 0 Å². The summed E-state index contributed by atoms with van der Waals surface area (Å²) in [6.07, 6.45) is 2.19. The van der Waals surface area contributed by atoms with Gasteiger partial charge in [-0.25, -0.2) is 13.5 Å². The van der Waals surface area contributed by atoms with Crippen molar-refractivity contribution in [2.45, 2.75) is 50.3 Å². The lowest BCUT2D eigenvalue weighted by atomic mass is 10.00. The van der Waals surface area contributed by atoms with Crippen LogP contribution in [0.15, 0.2) is 42.6 Å². The molecule has 5 rings (SSSR count). The Morgan fingerprint density at radius 2 is 1.97 bits per heavy atom. The second-order valence-corrected chi connectivity index (χ2v) is 8.37. The van der Waals surface area contributed by atoms with Crippen molar-refractivity contribution in [2.24, 2.45) is 0 Å². The quantitative estimate of drug-likeness (QED) is 0.686. The number of ether oxygens (including phenoxy) is 1. The van der Waals surface area contributed by atoms with Crippen molar-refractivity contribution in [1.82, 2.24) is 24.9 Å². The maximum Gasteiger partial charge on any atom is 0.264 e. The first kappa shape index (κ1) is 19.9. The zero-order valence-corrected chi connectivity index (χ0v) is 17.2. The van der Waals surface area contributed by atoms with Gasteiger partial charge in [-0.05, 0) is 38.2 Å². The molecule has 0 saturated carbocycles. The molecule has 2 aromatic heterocycles. The minimum absolute atomic E-state index is 0.0581. The van der Waals surface area contributed by atoms with Crippen molar-refractivity contribution >= 4 is 0 Å². The predicted octanol–water partition coefficient (Wildman–Crippen LogP) is 3.59. The van der Waals surface area contributed by atoms with Gasteiger partial charge in [0.1, 0.15) is 11.9 Å². The molecule has 31 heavy (non-hydrogen) atoms. The highest BCUT2D eigenvalue weighted by Gasteiger charge is 2.56. The minimum atomic E-state index is -2.67. The fourth-order valence-corrected chi connectivity index (χ4v) is 4.62. The highest BCUT2D eigenvalue weighted by molar-refractivity contribution is 5.68. The van der Waals surface area contributed by atoms with Crippen LogP contribution in [-0.2, 0) is 0 Å². The number of rotatable bonds is 4. The largest absolute Gasteiger partial charge is 0.507 e. The number of fused-ring (bicyclic) bond motifs is 2. The molecule has 1 aromatic carbocycles. The van der Waals surface area contributed by atoms with Gasteiger partial charge in [-0.3, -0.25) is 4.90 Å². The highest BCUT2D eigenvalue weighted by atomic mass is 19.3. The molecule has 3 aromatic rings. The first-order valence-electron chi connectivity index (χ1n) is 10.3. The number of aromatic hydroxyl groups is 1. The molecule has 3 unspecified atom stereocenters. The third-order valence-electron chi connectivity index (χ3n) is 6.26. The summed E-state index contributed by atoms with van der Waals surface area (Å²) in [5.41, 5.74) is 2.63. The van der Waals surface area contributed by atoms with Crippen molar-refractivity contribution in [1.29, 1.82) is 0 Å². The van der Waals surface area contributed by atoms with Crippen LogP contribution in [0.3, 0.4) is 0 Å². The molecule has 0 aliphatic carbocycles. The van der Waals surface area contributed by atoms with Crippen LogP contribution >= 0.6 is 0 Å². The second kappa shape index (κ2) is 7.26. The van der Waals surface area contributed by atoms with Gasteiger partial charge in [-0.2, -0.15) is 5.10 Å². The van der Waals surface area contributed by atoms with E-state index in [9.17, 15) is 13.9 Å². The molecule has 7 nitrogen and oxygen atoms in total. The van der Waals surface area contributed by atoms with E-state index >= 15 is 0 Å². The predicted molar refractivity (Wildman–Crippen MR) is 110 cm³/mol. The number of benzene rings is 1. The summed E-state index contributed by atoms with van der Waals surface area (Å²) in [5.74, 6) is -2.32. The third-order valence-corrected chi connectivity index (χ3v) is 6.26. The van der Waals surface area contributed by atoms with Crippen molar-refractivity contribution in [3.8, 4) is 28.6 Å². The van der Waals surface area contributed by atoms with Crippen LogP contribution in [0.4, 0.5) is 8.78 Å². The number of aromatic nitrogens is 4. The number of phenolic OH excluding ortho intramolecular Hbond substituents is 1. The lowest BCUT2D eigenvalue weighted by Gasteiger charge is -2.36. The Labute approximate surface area is 178 Å². The number of hydrogen-bond donors (Lipinski definition) is 1. The Balaban J connectivity index is 1.30. The maximum absolute atomic E-state index is 14.1. The van der Waals surface area contributed by atoms with Crippen molar-refractivity contribution < 1.29 is 18.6 Å². The van der Waals surface area contributed by atoms with Crippen molar-refractivity contribution in [3.63, 3.8) is 0 Å². The van der Waals surface area contributed by atoms with Gasteiger partial charge in [0.15, 0.2) is 0 Å². The summed E-state index contributed by atoms with van der Waals surface area (Å²) in [5, 5.41) is 23.1. The molecule has 0 amide bonds. The summed E-state index contributed by atoms with van der Waals surface area (Å²) in [6.45, 7) is 1.89. The Morgan fingerprint density at radius 1 is 1.13 bits per heavy atom. The summed E-state index contributed by atoms with van der Waals surface area (Å²) >= 11 is 0. The number of piperidine rings is 1. The fourth-order valence-electron chi connectivity index (χ4n) is 4.62. The standard InChI is InChI=1S/C22H23F2N5O2/c1-13-7-8-29(27-13)14-3-4-17(19(30)10-14)18-5-6-21(26-25-18)31-16-9-15-12-22(23,24)20(11-16)28(15)2/h3-8,10,15-16,20,30H,9,11-12H2,1-2H3. The van der Waals surface area contributed by atoms with Gasteiger partial charge in [0.2, 0.25) is 5.88 Å². The molecule has 0 spiro atoms. The van der Waals surface area contributed by atoms with Gasteiger partial charge < -0.3 is 9.84 Å². The molecule has 3 atom stereocenters. The van der Waals surface area contributed by atoms with Crippen LogP contribution in [0.2, 0.25) is 0 Å². The zero-order valence-electron chi connectivity index (χ0n) is 17.2. The average Bonchev–Trinajstić information content (AvgIpc) is 3.20. The number of alkyl halides is 2. The monoisotopic (exact) mass is 427 g/mol. The van der Waals surface area contributed by atoms with E-state index in [-0.39, 0.29) is 30.7 Å². The average molecular weight is 427 g/mol. The Bertz CT molecular complexity index is 1100. The molecule has 2 aliphatic heterocycles. The molecule has 2 bridgehead atoms. The van der Waals surface area contributed by atoms with Crippen LogP contribution in [0.1, 0.15) is 25.0 Å². The number of phenols is 1. The van der Waals surface area contributed by atoms with Crippen LogP contribution in [-0.4, -0.2) is 61.1 Å². The fraction of sp³-hybridized carbons (Fsp3) is 0.409. The number of aryl methyl sites for hydroxylation is 1. The Kier molecular flexibility index (Phi) is 4.65. The van der Waals surface area contributed by atoms with Gasteiger partial charge in [0, 0.05) is 49.2 Å². The Morgan fingerprint density at radius 3 is 2.61 bits per heavy atom. The van der Waals surface area contributed by atoms with Crippen LogP contribution in [0, 0.1) is 6.92 Å². The van der Waals surface area contributed by atoms with E-state index in [0.717, 1.165) is 11.4 Å². The Hall–Kier alpha value is -3.07. The topological polar surface area (TPSA) is 76.3 Å². The molecule has 2 saturated heterocycles. The summed E-state index contributed by atoms with van der Waals surface area (Å²) in [6, 6.07) is 9.47. The van der Waals surface area contributed by atoms with E-state index in [1.54, 1.807) is 40.9 Å². The molecule has 9 heteroatoms. The highest BCUT2D eigenvalue weighted by Crippen LogP contribution is 2.45. The van der Waals surface area contributed by atoms with E-state index in [4.69, 9.17) is 4.74 Å². The number of hydrogen-bond acceptors (Lipinski definition) is 6. The lowest BCUT2D eigenvalue weighted by molar-refractivity contribution is -0.0479. The lowest BCUT2D eigenvalue weighted by Crippen LogP contribution is -2.47. The molecule has 1 N–H and O–H groups in total. The summed E-state index contributed by atoms with van der Waals surface area (Å²) < 4.78 is 35.8. The van der Waals surface area contributed by atoms with Gasteiger partial charge in [-0.15, -0.1) is 10.2 Å². The SMILES string of the molecule is Cc1ccn(-c2ccc(-c3ccc(OC4CC5CC(F)(F)C(C4)N5C)nn3)c(O)c2)n1. The first-order valence-corrected chi connectivity index (χ1v) is 10.3. The third kappa shape index (κ3) is 3.63. The van der Waals surface area contributed by atoms with Crippen LogP contribution in [0.25, 0.3) is 16.9 Å². The molecular formula is C22H23F2N5O2. The first-order chi connectivity index (χ1) is 14.8. The summed E-state index contributed by atoms with van der Waals surface area (Å²) in [7, 11) is 1.76. The molecule has 2 aliphatic rings. The molecule has 2 fully saturated rings. The summed E-state index contributed by atoms with van der Waals surface area (Å²) in [4.78, 5) is 1.77. The number of halogens is 2. The van der Waals surface area contributed by atoms with E-state index < -0.39 is 12.0 Å². The van der Waals surface area contributed by atoms with E-state index in [1.165, 1.54) is 0 Å². The van der Waals surface area contributed by atoms with Gasteiger partial charge in [0.05, 0.1) is 23.1 Å². The van der Waals surface area contributed by atoms with E-state index in [0.29, 0.717) is 23.6 Å². The molecule has 4 heterocycles. The van der Waals surface area contributed by atoms with Crippen LogP contribution in [0.5, 0.6) is 11.6 Å². The number of nitrogens with zero attached hydrogens (tertiary/aromatic N) is 5. The van der Waals surface area contributed by atoms with Crippen molar-refractivity contribution in [2.75, 3.05) is 7.05 Å². The van der Waals surface area contributed by atoms with Crippen LogP contribution < -0.4 is 4.74 Å². The van der Waals surface area contributed by atoms with Gasteiger partial charge in [0.25, 0.3) is 5.92 Å². The van der Waals surface area contributed by atoms with E-state index in [2.05, 4.69) is 15.3 Å². The normalized spacial score (nSPS) is 25.0. The van der Waals surface area contributed by atoms with Crippen molar-refractivity contribution in [3.05, 3.63) is 48.3 Å². The molecule has 162 valence electrons. The maximum atomic E-state index is 14.1. The molecular weight excluding hydrogens is 404 g/mol. The molecule has 0 radical (unpaired) electrons.